The van der Waals surface area contributed by atoms with E-state index < -0.39 is 9.84 Å². The maximum Gasteiger partial charge on any atom is 0.419 e. The van der Waals surface area contributed by atoms with Crippen molar-refractivity contribution in [1.82, 2.24) is 9.47 Å². The highest BCUT2D eigenvalue weighted by atomic mass is 32.2. The normalized spacial score (nSPS) is 20.9. The first-order chi connectivity index (χ1) is 10.5. The Balaban J connectivity index is 1.75. The lowest BCUT2D eigenvalue weighted by Gasteiger charge is -2.26. The fourth-order valence-corrected chi connectivity index (χ4v) is 4.88. The Morgan fingerprint density at radius 1 is 1.36 bits per heavy atom. The largest absolute Gasteiger partial charge is 0.419 e. The summed E-state index contributed by atoms with van der Waals surface area (Å²) in [4.78, 5) is 14.1. The van der Waals surface area contributed by atoms with Gasteiger partial charge in [-0.3, -0.25) is 9.47 Å². The summed E-state index contributed by atoms with van der Waals surface area (Å²) in [6, 6.07) is 7.39. The summed E-state index contributed by atoms with van der Waals surface area (Å²) in [7, 11) is -2.89. The number of oxazole rings is 1. The zero-order valence-electron chi connectivity index (χ0n) is 12.6. The number of fused-ring (bicyclic) bond motifs is 1. The number of benzene rings is 1. The molecule has 0 radical (unpaired) electrons. The molecule has 0 spiro atoms. The zero-order chi connectivity index (χ0) is 15.7. The number of hydrogen-bond donors (Lipinski definition) is 0. The standard InChI is InChI=1S/C15H20N2O4S/c1-2-16(12-7-10-22(19,20)11-12)8-9-17-13-5-3-4-6-14(13)21-15(17)18/h3-6,12H,2,7-11H2,1H3/t12-/m0/s1. The van der Waals surface area contributed by atoms with E-state index in [0.717, 1.165) is 12.1 Å². The van der Waals surface area contributed by atoms with Gasteiger partial charge in [0.15, 0.2) is 15.4 Å². The molecule has 22 heavy (non-hydrogen) atoms. The lowest BCUT2D eigenvalue weighted by atomic mass is 10.2. The van der Waals surface area contributed by atoms with Crippen LogP contribution in [-0.2, 0) is 16.4 Å². The number of aromatic nitrogens is 1. The molecule has 0 amide bonds. The van der Waals surface area contributed by atoms with Crippen molar-refractivity contribution in [3.63, 3.8) is 0 Å². The fourth-order valence-electron chi connectivity index (χ4n) is 3.12. The van der Waals surface area contributed by atoms with Crippen LogP contribution in [-0.4, -0.2) is 48.5 Å². The lowest BCUT2D eigenvalue weighted by molar-refractivity contribution is 0.214. The second kappa shape index (κ2) is 5.89. The average molecular weight is 324 g/mol. The number of sulfone groups is 1. The van der Waals surface area contributed by atoms with E-state index >= 15 is 0 Å². The fraction of sp³-hybridized carbons (Fsp3) is 0.533. The average Bonchev–Trinajstić information content (AvgIpc) is 2.99. The van der Waals surface area contributed by atoms with Crippen molar-refractivity contribution in [2.24, 2.45) is 0 Å². The van der Waals surface area contributed by atoms with Gasteiger partial charge >= 0.3 is 5.76 Å². The van der Waals surface area contributed by atoms with Crippen molar-refractivity contribution >= 4 is 20.9 Å². The van der Waals surface area contributed by atoms with Crippen LogP contribution < -0.4 is 5.76 Å². The highest BCUT2D eigenvalue weighted by molar-refractivity contribution is 7.91. The predicted octanol–water partition coefficient (Wildman–Crippen LogP) is 1.10. The van der Waals surface area contributed by atoms with Gasteiger partial charge in [-0.25, -0.2) is 13.2 Å². The summed E-state index contributed by atoms with van der Waals surface area (Å²) >= 11 is 0. The minimum atomic E-state index is -2.89. The van der Waals surface area contributed by atoms with Gasteiger partial charge in [-0.15, -0.1) is 0 Å². The van der Waals surface area contributed by atoms with E-state index in [-0.39, 0.29) is 23.3 Å². The van der Waals surface area contributed by atoms with E-state index in [1.165, 1.54) is 0 Å². The van der Waals surface area contributed by atoms with Crippen molar-refractivity contribution < 1.29 is 12.8 Å². The maximum atomic E-state index is 11.9. The second-order valence-corrected chi connectivity index (χ2v) is 7.90. The molecule has 0 aliphatic carbocycles. The SMILES string of the molecule is CCN(CCn1c(=O)oc2ccccc21)[C@H]1CCS(=O)(=O)C1. The first-order valence-corrected chi connectivity index (χ1v) is 9.35. The molecule has 0 unspecified atom stereocenters. The molecule has 6 nitrogen and oxygen atoms in total. The topological polar surface area (TPSA) is 72.5 Å². The molecule has 1 aromatic carbocycles. The van der Waals surface area contributed by atoms with Crippen LogP contribution in [0.2, 0.25) is 0 Å². The van der Waals surface area contributed by atoms with Crippen LogP contribution in [0.4, 0.5) is 0 Å². The first-order valence-electron chi connectivity index (χ1n) is 7.53. The number of rotatable bonds is 5. The molecule has 1 fully saturated rings. The van der Waals surface area contributed by atoms with Crippen molar-refractivity contribution in [2.45, 2.75) is 25.9 Å². The molecule has 1 saturated heterocycles. The zero-order valence-corrected chi connectivity index (χ0v) is 13.4. The van der Waals surface area contributed by atoms with Crippen molar-refractivity contribution in [1.29, 1.82) is 0 Å². The third-order valence-electron chi connectivity index (χ3n) is 4.32. The van der Waals surface area contributed by atoms with Gasteiger partial charge in [-0.1, -0.05) is 19.1 Å². The van der Waals surface area contributed by atoms with Crippen LogP contribution in [0.15, 0.2) is 33.5 Å². The van der Waals surface area contributed by atoms with E-state index in [9.17, 15) is 13.2 Å². The van der Waals surface area contributed by atoms with Gasteiger partial charge in [0.25, 0.3) is 0 Å². The van der Waals surface area contributed by atoms with Crippen molar-refractivity contribution in [3.05, 3.63) is 34.8 Å². The third-order valence-corrected chi connectivity index (χ3v) is 6.07. The molecule has 7 heteroatoms. The quantitative estimate of drug-likeness (QED) is 0.823. The Morgan fingerprint density at radius 2 is 2.14 bits per heavy atom. The molecule has 2 aromatic rings. The van der Waals surface area contributed by atoms with Gasteiger partial charge < -0.3 is 4.42 Å². The van der Waals surface area contributed by atoms with E-state index in [4.69, 9.17) is 4.42 Å². The number of hydrogen-bond acceptors (Lipinski definition) is 5. The molecule has 1 atom stereocenters. The van der Waals surface area contributed by atoms with Gasteiger partial charge in [0.05, 0.1) is 17.0 Å². The predicted molar refractivity (Wildman–Crippen MR) is 84.8 cm³/mol. The van der Waals surface area contributed by atoms with Crippen LogP contribution in [0.5, 0.6) is 0 Å². The number of nitrogens with zero attached hydrogens (tertiary/aromatic N) is 2. The molecule has 2 heterocycles. The molecule has 1 aliphatic heterocycles. The minimum Gasteiger partial charge on any atom is -0.408 e. The second-order valence-electron chi connectivity index (χ2n) is 5.67. The minimum absolute atomic E-state index is 0.0591. The maximum absolute atomic E-state index is 11.9. The van der Waals surface area contributed by atoms with Gasteiger partial charge in [0.2, 0.25) is 0 Å². The first kappa shape index (κ1) is 15.3. The Morgan fingerprint density at radius 3 is 2.82 bits per heavy atom. The number of para-hydroxylation sites is 2. The molecule has 0 bridgehead atoms. The Labute approximate surface area is 129 Å². The third kappa shape index (κ3) is 2.96. The molecule has 0 saturated carbocycles. The van der Waals surface area contributed by atoms with Gasteiger partial charge in [-0.2, -0.15) is 0 Å². The van der Waals surface area contributed by atoms with E-state index in [0.29, 0.717) is 25.1 Å². The van der Waals surface area contributed by atoms with Crippen molar-refractivity contribution in [2.75, 3.05) is 24.6 Å². The monoisotopic (exact) mass is 324 g/mol. The van der Waals surface area contributed by atoms with Gasteiger partial charge in [-0.05, 0) is 25.1 Å². The van der Waals surface area contributed by atoms with Crippen LogP contribution in [0.3, 0.4) is 0 Å². The van der Waals surface area contributed by atoms with E-state index in [1.807, 2.05) is 25.1 Å². The number of likely N-dealkylation sites (N-methyl/N-ethyl adjacent to an activating group) is 1. The highest BCUT2D eigenvalue weighted by Gasteiger charge is 2.31. The Bertz CT molecular complexity index is 821. The van der Waals surface area contributed by atoms with E-state index in [1.54, 1.807) is 10.6 Å². The Hall–Kier alpha value is -1.60. The highest BCUT2D eigenvalue weighted by Crippen LogP contribution is 2.18. The van der Waals surface area contributed by atoms with Gasteiger partial charge in [0.1, 0.15) is 0 Å². The van der Waals surface area contributed by atoms with Crippen molar-refractivity contribution in [3.8, 4) is 0 Å². The summed E-state index contributed by atoms with van der Waals surface area (Å²) < 4.78 is 30.1. The molecular weight excluding hydrogens is 304 g/mol. The van der Waals surface area contributed by atoms with Crippen LogP contribution in [0.25, 0.3) is 11.1 Å². The summed E-state index contributed by atoms with van der Waals surface area (Å²) in [6.07, 6.45) is 0.678. The van der Waals surface area contributed by atoms with Crippen LogP contribution >= 0.6 is 0 Å². The van der Waals surface area contributed by atoms with E-state index in [2.05, 4.69) is 4.90 Å². The summed E-state index contributed by atoms with van der Waals surface area (Å²) in [5, 5.41) is 0. The van der Waals surface area contributed by atoms with Crippen LogP contribution in [0.1, 0.15) is 13.3 Å². The molecule has 0 N–H and O–H groups in total. The summed E-state index contributed by atoms with van der Waals surface area (Å²) in [5.74, 6) is 0.126. The molecule has 120 valence electrons. The molecular formula is C15H20N2O4S. The lowest BCUT2D eigenvalue weighted by Crippen LogP contribution is -2.39. The van der Waals surface area contributed by atoms with Crippen LogP contribution in [0, 0.1) is 0 Å². The summed E-state index contributed by atoms with van der Waals surface area (Å²) in [5.41, 5.74) is 1.36. The van der Waals surface area contributed by atoms with Gasteiger partial charge in [0, 0.05) is 19.1 Å². The molecule has 1 aromatic heterocycles. The molecule has 3 rings (SSSR count). The smallest absolute Gasteiger partial charge is 0.408 e. The summed E-state index contributed by atoms with van der Waals surface area (Å²) in [6.45, 7) is 3.92. The Kier molecular flexibility index (Phi) is 4.10. The molecule has 1 aliphatic rings.